The van der Waals surface area contributed by atoms with Gasteiger partial charge in [0.25, 0.3) is 0 Å². The van der Waals surface area contributed by atoms with Crippen molar-refractivity contribution in [3.05, 3.63) is 12.7 Å². The third-order valence-electron chi connectivity index (χ3n) is 1.24. The van der Waals surface area contributed by atoms with E-state index in [0.29, 0.717) is 6.42 Å². The lowest BCUT2D eigenvalue weighted by Crippen LogP contribution is -2.14. The lowest BCUT2D eigenvalue weighted by molar-refractivity contribution is -0.144. The first-order chi connectivity index (χ1) is 5.20. The van der Waals surface area contributed by atoms with Crippen LogP contribution in [-0.4, -0.2) is 23.8 Å². The second kappa shape index (κ2) is 5.92. The molecule has 1 atom stereocenters. The van der Waals surface area contributed by atoms with Gasteiger partial charge < -0.3 is 9.84 Å². The number of esters is 1. The summed E-state index contributed by atoms with van der Waals surface area (Å²) in [6, 6.07) is 0. The van der Waals surface area contributed by atoms with Gasteiger partial charge in [-0.3, -0.25) is 4.79 Å². The summed E-state index contributed by atoms with van der Waals surface area (Å²) in [5, 5.41) is 9.00. The molecule has 0 aliphatic heterocycles. The van der Waals surface area contributed by atoms with E-state index in [1.807, 2.05) is 6.92 Å². The number of hydrogen-bond donors (Lipinski definition) is 1. The van der Waals surface area contributed by atoms with Crippen LogP contribution in [0, 0.1) is 0 Å². The summed E-state index contributed by atoms with van der Waals surface area (Å²) < 4.78 is 4.65. The van der Waals surface area contributed by atoms with Crippen molar-refractivity contribution in [2.45, 2.75) is 25.9 Å². The molecular weight excluding hydrogens is 144 g/mol. The summed E-state index contributed by atoms with van der Waals surface area (Å²) in [6.07, 6.45) is 1.57. The first-order valence-electron chi connectivity index (χ1n) is 3.65. The lowest BCUT2D eigenvalue weighted by atomic mass is 10.2. The van der Waals surface area contributed by atoms with E-state index in [4.69, 9.17) is 5.11 Å². The van der Waals surface area contributed by atoms with E-state index in [1.54, 1.807) is 0 Å². The molecule has 0 aromatic rings. The van der Waals surface area contributed by atoms with Crippen LogP contribution in [0.4, 0.5) is 0 Å². The molecule has 0 rings (SSSR count). The topological polar surface area (TPSA) is 46.5 Å². The number of hydrogen-bond acceptors (Lipinski definition) is 3. The summed E-state index contributed by atoms with van der Waals surface area (Å²) in [6.45, 7) is 5.42. The first-order valence-corrected chi connectivity index (χ1v) is 3.65. The SMILES string of the molecule is C=CCOC(=O)C[C@H](O)CC. The molecule has 0 radical (unpaired) electrons. The van der Waals surface area contributed by atoms with Gasteiger partial charge in [-0.2, -0.15) is 0 Å². The van der Waals surface area contributed by atoms with Crippen LogP contribution in [-0.2, 0) is 9.53 Å². The minimum atomic E-state index is -0.577. The molecule has 0 aliphatic rings. The maximum Gasteiger partial charge on any atom is 0.308 e. The zero-order chi connectivity index (χ0) is 8.69. The Labute approximate surface area is 66.7 Å². The zero-order valence-corrected chi connectivity index (χ0v) is 6.75. The van der Waals surface area contributed by atoms with Gasteiger partial charge in [0.1, 0.15) is 6.61 Å². The monoisotopic (exact) mass is 158 g/mol. The summed E-state index contributed by atoms with van der Waals surface area (Å²) >= 11 is 0. The van der Waals surface area contributed by atoms with E-state index in [9.17, 15) is 4.79 Å². The lowest BCUT2D eigenvalue weighted by Gasteiger charge is -2.05. The average Bonchev–Trinajstić information content (AvgIpc) is 2.00. The molecule has 0 amide bonds. The van der Waals surface area contributed by atoms with Crippen LogP contribution in [0.2, 0.25) is 0 Å². The Kier molecular flexibility index (Phi) is 5.47. The van der Waals surface area contributed by atoms with Gasteiger partial charge in [-0.05, 0) is 6.42 Å². The van der Waals surface area contributed by atoms with E-state index in [0.717, 1.165) is 0 Å². The van der Waals surface area contributed by atoms with Gasteiger partial charge in [-0.15, -0.1) is 0 Å². The molecule has 0 fully saturated rings. The third kappa shape index (κ3) is 5.61. The van der Waals surface area contributed by atoms with Crippen LogP contribution in [0.15, 0.2) is 12.7 Å². The molecule has 0 aromatic carbocycles. The number of aliphatic hydroxyl groups is 1. The molecule has 0 aliphatic carbocycles. The molecule has 0 saturated carbocycles. The quantitative estimate of drug-likeness (QED) is 0.477. The Bertz CT molecular complexity index is 131. The van der Waals surface area contributed by atoms with Crippen molar-refractivity contribution in [3.8, 4) is 0 Å². The van der Waals surface area contributed by atoms with Gasteiger partial charge in [0.15, 0.2) is 0 Å². The van der Waals surface area contributed by atoms with Crippen molar-refractivity contribution in [1.82, 2.24) is 0 Å². The van der Waals surface area contributed by atoms with Crippen molar-refractivity contribution in [2.24, 2.45) is 0 Å². The number of ether oxygens (including phenoxy) is 1. The van der Waals surface area contributed by atoms with Crippen LogP contribution in [0.5, 0.6) is 0 Å². The summed E-state index contributed by atoms with van der Waals surface area (Å²) in [7, 11) is 0. The van der Waals surface area contributed by atoms with E-state index >= 15 is 0 Å². The van der Waals surface area contributed by atoms with Gasteiger partial charge >= 0.3 is 5.97 Å². The van der Waals surface area contributed by atoms with E-state index in [-0.39, 0.29) is 19.0 Å². The number of aliphatic hydroxyl groups excluding tert-OH is 1. The average molecular weight is 158 g/mol. The predicted octanol–water partition coefficient (Wildman–Crippen LogP) is 0.877. The van der Waals surface area contributed by atoms with Crippen molar-refractivity contribution in [2.75, 3.05) is 6.61 Å². The Morgan fingerprint density at radius 3 is 2.91 bits per heavy atom. The Balaban J connectivity index is 3.43. The van der Waals surface area contributed by atoms with Gasteiger partial charge in [0.05, 0.1) is 12.5 Å². The largest absolute Gasteiger partial charge is 0.461 e. The fourth-order valence-corrected chi connectivity index (χ4v) is 0.548. The van der Waals surface area contributed by atoms with Crippen LogP contribution in [0.1, 0.15) is 19.8 Å². The van der Waals surface area contributed by atoms with Crippen molar-refractivity contribution in [1.29, 1.82) is 0 Å². The fraction of sp³-hybridized carbons (Fsp3) is 0.625. The third-order valence-corrected chi connectivity index (χ3v) is 1.24. The molecule has 1 N–H and O–H groups in total. The zero-order valence-electron chi connectivity index (χ0n) is 6.75. The van der Waals surface area contributed by atoms with Gasteiger partial charge in [0, 0.05) is 0 Å². The smallest absolute Gasteiger partial charge is 0.308 e. The standard InChI is InChI=1S/C8H14O3/c1-3-5-11-8(10)6-7(9)4-2/h3,7,9H,1,4-6H2,2H3/t7-/m1/s1. The minimum Gasteiger partial charge on any atom is -0.461 e. The van der Waals surface area contributed by atoms with Crippen molar-refractivity contribution >= 4 is 5.97 Å². The molecule has 0 unspecified atom stereocenters. The molecule has 64 valence electrons. The van der Waals surface area contributed by atoms with Gasteiger partial charge in [-0.25, -0.2) is 0 Å². The highest BCUT2D eigenvalue weighted by atomic mass is 16.5. The Morgan fingerprint density at radius 1 is 1.82 bits per heavy atom. The maximum absolute atomic E-state index is 10.7. The Morgan fingerprint density at radius 2 is 2.45 bits per heavy atom. The molecule has 0 heterocycles. The number of rotatable bonds is 5. The summed E-state index contributed by atoms with van der Waals surface area (Å²) in [5.74, 6) is -0.376. The van der Waals surface area contributed by atoms with Crippen LogP contribution < -0.4 is 0 Å². The fourth-order valence-electron chi connectivity index (χ4n) is 0.548. The van der Waals surface area contributed by atoms with Gasteiger partial charge in [-0.1, -0.05) is 19.6 Å². The number of carbonyl (C=O) groups is 1. The maximum atomic E-state index is 10.7. The molecule has 0 saturated heterocycles. The van der Waals surface area contributed by atoms with E-state index < -0.39 is 6.10 Å². The first kappa shape index (κ1) is 10.2. The molecule has 0 aromatic heterocycles. The molecule has 0 bridgehead atoms. The van der Waals surface area contributed by atoms with Crippen LogP contribution in [0.25, 0.3) is 0 Å². The molecule has 3 heteroatoms. The second-order valence-corrected chi connectivity index (χ2v) is 2.24. The van der Waals surface area contributed by atoms with Crippen molar-refractivity contribution < 1.29 is 14.6 Å². The predicted molar refractivity (Wildman–Crippen MR) is 42.1 cm³/mol. The molecular formula is C8H14O3. The summed E-state index contributed by atoms with van der Waals surface area (Å²) in [5.41, 5.74) is 0. The van der Waals surface area contributed by atoms with E-state index in [2.05, 4.69) is 11.3 Å². The highest BCUT2D eigenvalue weighted by molar-refractivity contribution is 5.69. The van der Waals surface area contributed by atoms with Gasteiger partial charge in [0.2, 0.25) is 0 Å². The normalized spacial score (nSPS) is 12.2. The minimum absolute atomic E-state index is 0.0737. The van der Waals surface area contributed by atoms with E-state index in [1.165, 1.54) is 6.08 Å². The second-order valence-electron chi connectivity index (χ2n) is 2.24. The highest BCUT2D eigenvalue weighted by Crippen LogP contribution is 1.98. The number of carbonyl (C=O) groups excluding carboxylic acids is 1. The summed E-state index contributed by atoms with van der Waals surface area (Å²) in [4.78, 5) is 10.7. The van der Waals surface area contributed by atoms with Crippen LogP contribution >= 0.6 is 0 Å². The highest BCUT2D eigenvalue weighted by Gasteiger charge is 2.08. The van der Waals surface area contributed by atoms with Crippen LogP contribution in [0.3, 0.4) is 0 Å². The molecule has 0 spiro atoms. The Hall–Kier alpha value is -0.830. The molecule has 11 heavy (non-hydrogen) atoms. The van der Waals surface area contributed by atoms with Crippen molar-refractivity contribution in [3.63, 3.8) is 0 Å². The molecule has 3 nitrogen and oxygen atoms in total.